The monoisotopic (exact) mass is 413 g/mol. The molecule has 0 saturated carbocycles. The average Bonchev–Trinajstić information content (AvgIpc) is 2.59. The van der Waals surface area contributed by atoms with E-state index >= 15 is 0 Å². The van der Waals surface area contributed by atoms with Crippen molar-refractivity contribution in [2.45, 2.75) is 12.7 Å². The molecule has 0 aliphatic rings. The normalized spacial score (nSPS) is 11.6. The molecule has 0 saturated heterocycles. The molecule has 0 aromatic heterocycles. The van der Waals surface area contributed by atoms with E-state index in [1.807, 2.05) is 0 Å². The molecule has 9 heteroatoms. The summed E-state index contributed by atoms with van der Waals surface area (Å²) in [6.07, 6.45) is -3.49. The summed E-state index contributed by atoms with van der Waals surface area (Å²) in [6.45, 7) is 0.304. The summed E-state index contributed by atoms with van der Waals surface area (Å²) < 4.78 is 38.6. The summed E-state index contributed by atoms with van der Waals surface area (Å²) in [5, 5.41) is 14.2. The third-order valence-corrected chi connectivity index (χ3v) is 3.90. The number of anilines is 1. The zero-order valence-corrected chi connectivity index (χ0v) is 15.1. The Labute approximate surface area is 163 Å². The molecule has 0 aliphatic carbocycles. The maximum absolute atomic E-state index is 12.9. The molecule has 0 aliphatic heterocycles. The number of carbonyl (C=O) groups is 1. The van der Waals surface area contributed by atoms with Crippen LogP contribution in [0, 0.1) is 11.3 Å². The molecule has 0 atom stereocenters. The molecular weight excluding hydrogens is 402 g/mol. The maximum atomic E-state index is 12.9. The van der Waals surface area contributed by atoms with Crippen molar-refractivity contribution in [3.8, 4) is 6.07 Å². The van der Waals surface area contributed by atoms with E-state index in [1.54, 1.807) is 30.3 Å². The summed E-state index contributed by atoms with van der Waals surface area (Å²) in [4.78, 5) is 12.1. The Balaban J connectivity index is 2.08. The van der Waals surface area contributed by atoms with Crippen molar-refractivity contribution in [3.63, 3.8) is 0 Å². The standard InChI is InChI=1S/C18H12Cl2F3N3O/c19-13-3-1-2-11(6-13)9-25-10-12(8-24)17(27)26-14-4-5-16(20)15(7-14)18(21,22)23/h1-7,10,25H,9H2,(H,26,27)/b12-10-. The first-order chi connectivity index (χ1) is 12.7. The number of nitrogens with zero attached hydrogens (tertiary/aromatic N) is 1. The van der Waals surface area contributed by atoms with Crippen molar-refractivity contribution in [2.75, 3.05) is 5.32 Å². The molecule has 0 unspecified atom stereocenters. The van der Waals surface area contributed by atoms with E-state index in [9.17, 15) is 18.0 Å². The van der Waals surface area contributed by atoms with Crippen LogP contribution in [0.25, 0.3) is 0 Å². The second kappa shape index (κ2) is 8.80. The van der Waals surface area contributed by atoms with E-state index < -0.39 is 22.7 Å². The lowest BCUT2D eigenvalue weighted by molar-refractivity contribution is -0.137. The minimum atomic E-state index is -4.66. The molecule has 140 valence electrons. The predicted molar refractivity (Wildman–Crippen MR) is 97.1 cm³/mol. The number of hydrogen-bond acceptors (Lipinski definition) is 3. The van der Waals surface area contributed by atoms with Gasteiger partial charge in [-0.1, -0.05) is 35.3 Å². The highest BCUT2D eigenvalue weighted by Crippen LogP contribution is 2.36. The van der Waals surface area contributed by atoms with E-state index in [1.165, 1.54) is 12.3 Å². The molecule has 0 spiro atoms. The Morgan fingerprint density at radius 1 is 1.19 bits per heavy atom. The maximum Gasteiger partial charge on any atom is 0.417 e. The van der Waals surface area contributed by atoms with E-state index in [0.29, 0.717) is 17.6 Å². The summed E-state index contributed by atoms with van der Waals surface area (Å²) in [7, 11) is 0. The quantitative estimate of drug-likeness (QED) is 0.526. The van der Waals surface area contributed by atoms with E-state index in [2.05, 4.69) is 10.6 Å². The Hall–Kier alpha value is -2.69. The topological polar surface area (TPSA) is 64.9 Å². The van der Waals surface area contributed by atoms with Gasteiger partial charge in [-0.3, -0.25) is 4.79 Å². The molecular formula is C18H12Cl2F3N3O. The van der Waals surface area contributed by atoms with Crippen LogP contribution in [0.5, 0.6) is 0 Å². The van der Waals surface area contributed by atoms with Crippen LogP contribution in [0.1, 0.15) is 11.1 Å². The van der Waals surface area contributed by atoms with Crippen LogP contribution >= 0.6 is 23.2 Å². The summed E-state index contributed by atoms with van der Waals surface area (Å²) >= 11 is 11.4. The van der Waals surface area contributed by atoms with Crippen molar-refractivity contribution in [3.05, 3.63) is 75.4 Å². The molecule has 0 fully saturated rings. The van der Waals surface area contributed by atoms with Gasteiger partial charge in [0.2, 0.25) is 0 Å². The molecule has 4 nitrogen and oxygen atoms in total. The second-order valence-electron chi connectivity index (χ2n) is 5.33. The Morgan fingerprint density at radius 3 is 2.56 bits per heavy atom. The van der Waals surface area contributed by atoms with Gasteiger partial charge in [-0.2, -0.15) is 18.4 Å². The van der Waals surface area contributed by atoms with Crippen molar-refractivity contribution in [1.82, 2.24) is 5.32 Å². The first-order valence-corrected chi connectivity index (χ1v) is 8.22. The lowest BCUT2D eigenvalue weighted by atomic mass is 10.2. The van der Waals surface area contributed by atoms with Gasteiger partial charge in [0.25, 0.3) is 5.91 Å². The first-order valence-electron chi connectivity index (χ1n) is 7.47. The Morgan fingerprint density at radius 2 is 1.93 bits per heavy atom. The minimum absolute atomic E-state index is 0.132. The second-order valence-corrected chi connectivity index (χ2v) is 6.17. The fourth-order valence-corrected chi connectivity index (χ4v) is 2.52. The summed E-state index contributed by atoms with van der Waals surface area (Å²) in [5.41, 5.74) is -0.694. The zero-order valence-electron chi connectivity index (χ0n) is 13.6. The lowest BCUT2D eigenvalue weighted by Crippen LogP contribution is -2.17. The number of alkyl halides is 3. The van der Waals surface area contributed by atoms with Gasteiger partial charge >= 0.3 is 6.18 Å². The predicted octanol–water partition coefficient (Wildman–Crippen LogP) is 5.15. The third-order valence-electron chi connectivity index (χ3n) is 3.34. The van der Waals surface area contributed by atoms with Crippen LogP contribution in [-0.4, -0.2) is 5.91 Å². The number of carbonyl (C=O) groups excluding carboxylic acids is 1. The average molecular weight is 414 g/mol. The van der Waals surface area contributed by atoms with Gasteiger partial charge in [0.1, 0.15) is 11.6 Å². The van der Waals surface area contributed by atoms with E-state index in [-0.39, 0.29) is 11.3 Å². The summed E-state index contributed by atoms with van der Waals surface area (Å²) in [6, 6.07) is 11.6. The molecule has 0 radical (unpaired) electrons. The summed E-state index contributed by atoms with van der Waals surface area (Å²) in [5.74, 6) is -0.855. The highest BCUT2D eigenvalue weighted by molar-refractivity contribution is 6.31. The van der Waals surface area contributed by atoms with Crippen LogP contribution in [0.3, 0.4) is 0 Å². The van der Waals surface area contributed by atoms with Gasteiger partial charge in [-0.15, -0.1) is 0 Å². The highest BCUT2D eigenvalue weighted by atomic mass is 35.5. The number of nitriles is 1. The number of halogens is 5. The van der Waals surface area contributed by atoms with Crippen molar-refractivity contribution in [1.29, 1.82) is 5.26 Å². The fraction of sp³-hybridized carbons (Fsp3) is 0.111. The molecule has 1 amide bonds. The van der Waals surface area contributed by atoms with Gasteiger partial charge in [-0.25, -0.2) is 0 Å². The lowest BCUT2D eigenvalue weighted by Gasteiger charge is -2.11. The molecule has 2 aromatic carbocycles. The highest BCUT2D eigenvalue weighted by Gasteiger charge is 2.33. The van der Waals surface area contributed by atoms with Gasteiger partial charge in [0, 0.05) is 23.5 Å². The molecule has 2 N–H and O–H groups in total. The molecule has 0 heterocycles. The molecule has 27 heavy (non-hydrogen) atoms. The van der Waals surface area contributed by atoms with Crippen LogP contribution in [0.4, 0.5) is 18.9 Å². The van der Waals surface area contributed by atoms with E-state index in [0.717, 1.165) is 11.6 Å². The number of amides is 1. The van der Waals surface area contributed by atoms with Crippen LogP contribution in [0.2, 0.25) is 10.0 Å². The SMILES string of the molecule is N#C/C(=C/NCc1cccc(Cl)c1)C(=O)Nc1ccc(Cl)c(C(F)(F)F)c1. The number of nitrogens with one attached hydrogen (secondary N) is 2. The zero-order chi connectivity index (χ0) is 20.0. The molecule has 2 rings (SSSR count). The number of benzene rings is 2. The van der Waals surface area contributed by atoms with Gasteiger partial charge < -0.3 is 10.6 Å². The Bertz CT molecular complexity index is 921. The minimum Gasteiger partial charge on any atom is -0.386 e. The Kier molecular flexibility index (Phi) is 6.72. The van der Waals surface area contributed by atoms with Crippen LogP contribution < -0.4 is 10.6 Å². The van der Waals surface area contributed by atoms with Gasteiger partial charge in [-0.05, 0) is 35.9 Å². The number of rotatable bonds is 5. The van der Waals surface area contributed by atoms with Crippen LogP contribution in [0.15, 0.2) is 54.2 Å². The van der Waals surface area contributed by atoms with Crippen molar-refractivity contribution >= 4 is 34.8 Å². The van der Waals surface area contributed by atoms with Crippen molar-refractivity contribution < 1.29 is 18.0 Å². The molecule has 0 bridgehead atoms. The first kappa shape index (κ1) is 20.6. The van der Waals surface area contributed by atoms with Gasteiger partial charge in [0.15, 0.2) is 0 Å². The van der Waals surface area contributed by atoms with E-state index in [4.69, 9.17) is 28.5 Å². The van der Waals surface area contributed by atoms with Crippen LogP contribution in [-0.2, 0) is 17.5 Å². The van der Waals surface area contributed by atoms with Gasteiger partial charge in [0.05, 0.1) is 10.6 Å². The largest absolute Gasteiger partial charge is 0.417 e. The molecule has 2 aromatic rings. The number of hydrogen-bond donors (Lipinski definition) is 2. The van der Waals surface area contributed by atoms with Crippen molar-refractivity contribution in [2.24, 2.45) is 0 Å². The smallest absolute Gasteiger partial charge is 0.386 e. The third kappa shape index (κ3) is 5.91. The fourth-order valence-electron chi connectivity index (χ4n) is 2.09.